The van der Waals surface area contributed by atoms with Crippen LogP contribution in [-0.4, -0.2) is 25.0 Å². The van der Waals surface area contributed by atoms with Crippen molar-refractivity contribution in [1.29, 1.82) is 0 Å². The Balaban J connectivity index is 1.85. The highest BCUT2D eigenvalue weighted by atomic mass is 32.1. The summed E-state index contributed by atoms with van der Waals surface area (Å²) >= 11 is 1.62. The van der Waals surface area contributed by atoms with Crippen molar-refractivity contribution >= 4 is 17.2 Å². The number of amides is 1. The van der Waals surface area contributed by atoms with E-state index in [1.54, 1.807) is 42.6 Å². The largest absolute Gasteiger partial charge is 0.496 e. The van der Waals surface area contributed by atoms with Crippen molar-refractivity contribution in [2.24, 2.45) is 0 Å². The second-order valence-electron chi connectivity index (χ2n) is 5.75. The molecule has 0 atom stereocenters. The highest BCUT2D eigenvalue weighted by Gasteiger charge is 2.21. The molecule has 0 spiro atoms. The molecule has 0 fully saturated rings. The van der Waals surface area contributed by atoms with Crippen LogP contribution in [0.5, 0.6) is 5.75 Å². The predicted octanol–water partition coefficient (Wildman–Crippen LogP) is 4.34. The fourth-order valence-electron chi connectivity index (χ4n) is 2.70. The Kier molecular flexibility index (Phi) is 6.09. The Morgan fingerprint density at radius 2 is 1.92 bits per heavy atom. The summed E-state index contributed by atoms with van der Waals surface area (Å²) in [5, 5.41) is 2.00. The standard InChI is InChI=1S/C20H21NO4S/c1-23-14-16-9-10-19(25-16)20(22)21(13-17-7-5-11-26-17)12-15-6-3-4-8-18(15)24-2/h3-11H,12-14H2,1-2H3. The third-order valence-corrected chi connectivity index (χ3v) is 4.79. The van der Waals surface area contributed by atoms with Crippen molar-refractivity contribution in [3.63, 3.8) is 0 Å². The van der Waals surface area contributed by atoms with E-state index in [-0.39, 0.29) is 5.91 Å². The van der Waals surface area contributed by atoms with Crippen LogP contribution in [0.3, 0.4) is 0 Å². The number of ether oxygens (including phenoxy) is 2. The average molecular weight is 371 g/mol. The number of rotatable bonds is 8. The zero-order valence-electron chi connectivity index (χ0n) is 14.8. The fraction of sp³-hybridized carbons (Fsp3) is 0.250. The van der Waals surface area contributed by atoms with E-state index in [1.165, 1.54) is 0 Å². The smallest absolute Gasteiger partial charge is 0.290 e. The van der Waals surface area contributed by atoms with Gasteiger partial charge in [0.05, 0.1) is 20.2 Å². The van der Waals surface area contributed by atoms with E-state index in [4.69, 9.17) is 13.9 Å². The predicted molar refractivity (Wildman–Crippen MR) is 100 cm³/mol. The number of carbonyl (C=O) groups is 1. The quantitative estimate of drug-likeness (QED) is 0.591. The summed E-state index contributed by atoms with van der Waals surface area (Å²) in [5.74, 6) is 1.54. The van der Waals surface area contributed by atoms with Gasteiger partial charge in [0.25, 0.3) is 5.91 Å². The van der Waals surface area contributed by atoms with Crippen LogP contribution in [0.4, 0.5) is 0 Å². The third-order valence-electron chi connectivity index (χ3n) is 3.93. The molecule has 0 radical (unpaired) electrons. The van der Waals surface area contributed by atoms with E-state index in [9.17, 15) is 4.79 Å². The van der Waals surface area contributed by atoms with Crippen LogP contribution in [-0.2, 0) is 24.4 Å². The zero-order valence-corrected chi connectivity index (χ0v) is 15.6. The van der Waals surface area contributed by atoms with Crippen LogP contribution in [0, 0.1) is 0 Å². The highest BCUT2D eigenvalue weighted by molar-refractivity contribution is 7.09. The average Bonchev–Trinajstić information content (AvgIpc) is 3.33. The van der Waals surface area contributed by atoms with Gasteiger partial charge in [0.15, 0.2) is 5.76 Å². The monoisotopic (exact) mass is 371 g/mol. The van der Waals surface area contributed by atoms with Gasteiger partial charge in [0.1, 0.15) is 18.1 Å². The summed E-state index contributed by atoms with van der Waals surface area (Å²) in [4.78, 5) is 15.9. The number of benzene rings is 1. The van der Waals surface area contributed by atoms with Crippen LogP contribution < -0.4 is 4.74 Å². The Morgan fingerprint density at radius 1 is 1.08 bits per heavy atom. The lowest BCUT2D eigenvalue weighted by Gasteiger charge is -2.22. The molecule has 0 aliphatic heterocycles. The number of carbonyl (C=O) groups excluding carboxylic acids is 1. The summed E-state index contributed by atoms with van der Waals surface area (Å²) < 4.78 is 16.1. The molecule has 3 aromatic rings. The van der Waals surface area contributed by atoms with E-state index < -0.39 is 0 Å². The van der Waals surface area contributed by atoms with Gasteiger partial charge in [0.2, 0.25) is 0 Å². The maximum Gasteiger partial charge on any atom is 0.290 e. The number of nitrogens with zero attached hydrogens (tertiary/aromatic N) is 1. The van der Waals surface area contributed by atoms with Gasteiger partial charge in [0, 0.05) is 17.6 Å². The van der Waals surface area contributed by atoms with Crippen LogP contribution in [0.25, 0.3) is 0 Å². The normalized spacial score (nSPS) is 10.7. The second kappa shape index (κ2) is 8.69. The molecule has 26 heavy (non-hydrogen) atoms. The minimum absolute atomic E-state index is 0.161. The molecule has 5 nitrogen and oxygen atoms in total. The van der Waals surface area contributed by atoms with Crippen LogP contribution in [0.1, 0.15) is 26.8 Å². The van der Waals surface area contributed by atoms with Gasteiger partial charge in [-0.3, -0.25) is 4.79 Å². The highest BCUT2D eigenvalue weighted by Crippen LogP contribution is 2.23. The first-order valence-corrected chi connectivity index (χ1v) is 9.10. The molecule has 3 rings (SSSR count). The molecule has 0 aliphatic carbocycles. The fourth-order valence-corrected chi connectivity index (χ4v) is 3.42. The van der Waals surface area contributed by atoms with E-state index in [2.05, 4.69) is 0 Å². The van der Waals surface area contributed by atoms with Gasteiger partial charge in [-0.1, -0.05) is 24.3 Å². The van der Waals surface area contributed by atoms with E-state index in [0.717, 1.165) is 16.2 Å². The summed E-state index contributed by atoms with van der Waals surface area (Å²) in [6, 6.07) is 15.2. The molecule has 0 saturated carbocycles. The molecular formula is C20H21NO4S. The van der Waals surface area contributed by atoms with Gasteiger partial charge < -0.3 is 18.8 Å². The van der Waals surface area contributed by atoms with Gasteiger partial charge in [-0.15, -0.1) is 11.3 Å². The number of methoxy groups -OCH3 is 2. The lowest BCUT2D eigenvalue weighted by molar-refractivity contribution is 0.0690. The lowest BCUT2D eigenvalue weighted by atomic mass is 10.1. The summed E-state index contributed by atoms with van der Waals surface area (Å²) in [6.07, 6.45) is 0. The van der Waals surface area contributed by atoms with Crippen molar-refractivity contribution in [2.75, 3.05) is 14.2 Å². The molecule has 0 saturated heterocycles. The number of thiophene rings is 1. The molecule has 1 aromatic carbocycles. The first kappa shape index (κ1) is 18.2. The molecule has 0 aliphatic rings. The number of para-hydroxylation sites is 1. The van der Waals surface area contributed by atoms with Crippen LogP contribution in [0.15, 0.2) is 58.3 Å². The minimum Gasteiger partial charge on any atom is -0.496 e. The summed E-state index contributed by atoms with van der Waals surface area (Å²) in [5.41, 5.74) is 0.948. The van der Waals surface area contributed by atoms with Crippen molar-refractivity contribution in [3.8, 4) is 5.75 Å². The van der Waals surface area contributed by atoms with Gasteiger partial charge in [-0.2, -0.15) is 0 Å². The van der Waals surface area contributed by atoms with E-state index in [1.807, 2.05) is 41.8 Å². The number of hydrogen-bond acceptors (Lipinski definition) is 5. The Labute approximate surface area is 156 Å². The molecule has 0 bridgehead atoms. The SMILES string of the molecule is COCc1ccc(C(=O)N(Cc2cccs2)Cc2ccccc2OC)o1. The Morgan fingerprint density at radius 3 is 2.65 bits per heavy atom. The molecule has 2 aromatic heterocycles. The molecule has 136 valence electrons. The van der Waals surface area contributed by atoms with E-state index >= 15 is 0 Å². The number of hydrogen-bond donors (Lipinski definition) is 0. The maximum atomic E-state index is 13.0. The minimum atomic E-state index is -0.161. The van der Waals surface area contributed by atoms with Crippen molar-refractivity contribution in [3.05, 3.63) is 75.9 Å². The van der Waals surface area contributed by atoms with Gasteiger partial charge in [-0.25, -0.2) is 0 Å². The summed E-state index contributed by atoms with van der Waals surface area (Å²) in [6.45, 7) is 1.28. The molecule has 1 amide bonds. The topological polar surface area (TPSA) is 51.9 Å². The first-order chi connectivity index (χ1) is 12.7. The van der Waals surface area contributed by atoms with Crippen LogP contribution >= 0.6 is 11.3 Å². The second-order valence-corrected chi connectivity index (χ2v) is 6.78. The molecular weight excluding hydrogens is 350 g/mol. The molecule has 0 N–H and O–H groups in total. The van der Waals surface area contributed by atoms with Gasteiger partial charge in [-0.05, 0) is 29.6 Å². The Bertz CT molecular complexity index is 841. The summed E-state index contributed by atoms with van der Waals surface area (Å²) in [7, 11) is 3.22. The third kappa shape index (κ3) is 4.33. The van der Waals surface area contributed by atoms with E-state index in [0.29, 0.717) is 31.2 Å². The zero-order chi connectivity index (χ0) is 18.4. The lowest BCUT2D eigenvalue weighted by Crippen LogP contribution is -2.29. The van der Waals surface area contributed by atoms with Gasteiger partial charge >= 0.3 is 0 Å². The first-order valence-electron chi connectivity index (χ1n) is 8.22. The molecule has 0 unspecified atom stereocenters. The van der Waals surface area contributed by atoms with Crippen molar-refractivity contribution < 1.29 is 18.7 Å². The van der Waals surface area contributed by atoms with Crippen molar-refractivity contribution in [1.82, 2.24) is 4.90 Å². The molecule has 2 heterocycles. The van der Waals surface area contributed by atoms with Crippen LogP contribution in [0.2, 0.25) is 0 Å². The van der Waals surface area contributed by atoms with Crippen molar-refractivity contribution in [2.45, 2.75) is 19.7 Å². The molecule has 6 heteroatoms. The Hall–Kier alpha value is -2.57. The maximum absolute atomic E-state index is 13.0. The number of furan rings is 1.